The predicted molar refractivity (Wildman–Crippen MR) is 109 cm³/mol. The van der Waals surface area contributed by atoms with Crippen molar-refractivity contribution in [3.63, 3.8) is 0 Å². The van der Waals surface area contributed by atoms with Crippen molar-refractivity contribution in [2.45, 2.75) is 57.4 Å². The summed E-state index contributed by atoms with van der Waals surface area (Å²) in [5, 5.41) is 6.04. The van der Waals surface area contributed by atoms with E-state index in [1.54, 1.807) is 12.1 Å². The second-order valence-electron chi connectivity index (χ2n) is 7.44. The summed E-state index contributed by atoms with van der Waals surface area (Å²) in [7, 11) is 0. The molecule has 1 fully saturated rings. The summed E-state index contributed by atoms with van der Waals surface area (Å²) >= 11 is 0. The molecule has 2 amide bonds. The molecule has 1 aliphatic carbocycles. The van der Waals surface area contributed by atoms with Gasteiger partial charge in [-0.1, -0.05) is 62.2 Å². The highest BCUT2D eigenvalue weighted by molar-refractivity contribution is 6.06. The number of carbonyl (C=O) groups excluding carboxylic acids is 2. The zero-order valence-corrected chi connectivity index (χ0v) is 16.1. The van der Waals surface area contributed by atoms with Crippen LogP contribution in [-0.2, 0) is 10.2 Å². The monoisotopic (exact) mass is 364 g/mol. The third-order valence-electron chi connectivity index (χ3n) is 5.63. The SMILES string of the molecule is CC[C@@H](C)NC(=O)c1ccccc1NC(=O)C1(c2ccccc2)CCCC1. The van der Waals surface area contributed by atoms with E-state index in [4.69, 9.17) is 0 Å². The van der Waals surface area contributed by atoms with Crippen LogP contribution in [0.15, 0.2) is 54.6 Å². The van der Waals surface area contributed by atoms with Gasteiger partial charge >= 0.3 is 0 Å². The molecule has 0 spiro atoms. The molecule has 0 aliphatic heterocycles. The van der Waals surface area contributed by atoms with E-state index in [-0.39, 0.29) is 17.9 Å². The van der Waals surface area contributed by atoms with Gasteiger partial charge in [-0.2, -0.15) is 0 Å². The number of nitrogens with one attached hydrogen (secondary N) is 2. The highest BCUT2D eigenvalue weighted by atomic mass is 16.2. The Labute approximate surface area is 161 Å². The molecule has 3 rings (SSSR count). The molecule has 2 aromatic carbocycles. The van der Waals surface area contributed by atoms with Crippen LogP contribution in [0.4, 0.5) is 5.69 Å². The van der Waals surface area contributed by atoms with Gasteiger partial charge in [0.05, 0.1) is 16.7 Å². The number of amides is 2. The lowest BCUT2D eigenvalue weighted by molar-refractivity contribution is -0.121. The fourth-order valence-electron chi connectivity index (χ4n) is 3.82. The lowest BCUT2D eigenvalue weighted by atomic mass is 9.78. The summed E-state index contributed by atoms with van der Waals surface area (Å²) in [6.45, 7) is 4.00. The lowest BCUT2D eigenvalue weighted by Gasteiger charge is -2.28. The standard InChI is InChI=1S/C23H28N2O2/c1-3-17(2)24-21(26)19-13-7-8-14-20(19)25-22(27)23(15-9-10-16-23)18-11-5-4-6-12-18/h4-8,11-14,17H,3,9-10,15-16H2,1-2H3,(H,24,26)(H,25,27)/t17-/m1/s1. The lowest BCUT2D eigenvalue weighted by Crippen LogP contribution is -2.39. The van der Waals surface area contributed by atoms with E-state index in [9.17, 15) is 9.59 Å². The number of carbonyl (C=O) groups is 2. The Hall–Kier alpha value is -2.62. The van der Waals surface area contributed by atoms with Gasteiger partial charge in [0, 0.05) is 6.04 Å². The van der Waals surface area contributed by atoms with Crippen molar-refractivity contribution >= 4 is 17.5 Å². The number of hydrogen-bond donors (Lipinski definition) is 2. The number of rotatable bonds is 6. The van der Waals surface area contributed by atoms with Crippen LogP contribution in [0.2, 0.25) is 0 Å². The smallest absolute Gasteiger partial charge is 0.253 e. The first-order valence-electron chi connectivity index (χ1n) is 9.83. The van der Waals surface area contributed by atoms with Gasteiger partial charge in [0.2, 0.25) is 5.91 Å². The Morgan fingerprint density at radius 3 is 2.30 bits per heavy atom. The molecule has 0 aromatic heterocycles. The largest absolute Gasteiger partial charge is 0.350 e. The molecule has 142 valence electrons. The van der Waals surface area contributed by atoms with Gasteiger partial charge in [-0.05, 0) is 43.9 Å². The molecule has 27 heavy (non-hydrogen) atoms. The van der Waals surface area contributed by atoms with Crippen LogP contribution >= 0.6 is 0 Å². The number of hydrogen-bond acceptors (Lipinski definition) is 2. The quantitative estimate of drug-likeness (QED) is 0.783. The minimum Gasteiger partial charge on any atom is -0.350 e. The van der Waals surface area contributed by atoms with Crippen LogP contribution in [-0.4, -0.2) is 17.9 Å². The molecule has 1 aliphatic rings. The zero-order chi connectivity index (χ0) is 19.3. The van der Waals surface area contributed by atoms with Crippen molar-refractivity contribution in [1.82, 2.24) is 5.32 Å². The maximum Gasteiger partial charge on any atom is 0.253 e. The van der Waals surface area contributed by atoms with Gasteiger partial charge in [-0.25, -0.2) is 0 Å². The van der Waals surface area contributed by atoms with Crippen molar-refractivity contribution in [2.24, 2.45) is 0 Å². The summed E-state index contributed by atoms with van der Waals surface area (Å²) < 4.78 is 0. The third-order valence-corrected chi connectivity index (χ3v) is 5.63. The molecular weight excluding hydrogens is 336 g/mol. The first kappa shape index (κ1) is 19.2. The fraction of sp³-hybridized carbons (Fsp3) is 0.391. The van der Waals surface area contributed by atoms with Crippen molar-refractivity contribution < 1.29 is 9.59 Å². The maximum absolute atomic E-state index is 13.3. The summed E-state index contributed by atoms with van der Waals surface area (Å²) in [6, 6.07) is 17.3. The fourth-order valence-corrected chi connectivity index (χ4v) is 3.82. The van der Waals surface area contributed by atoms with Crippen LogP contribution in [0, 0.1) is 0 Å². The van der Waals surface area contributed by atoms with Crippen molar-refractivity contribution in [3.8, 4) is 0 Å². The van der Waals surface area contributed by atoms with E-state index in [0.29, 0.717) is 11.3 Å². The van der Waals surface area contributed by atoms with Crippen LogP contribution in [0.3, 0.4) is 0 Å². The molecule has 0 saturated heterocycles. The molecule has 0 radical (unpaired) electrons. The van der Waals surface area contributed by atoms with Crippen LogP contribution in [0.25, 0.3) is 0 Å². The Balaban J connectivity index is 1.86. The van der Waals surface area contributed by atoms with Crippen LogP contribution in [0.5, 0.6) is 0 Å². The zero-order valence-electron chi connectivity index (χ0n) is 16.1. The minimum absolute atomic E-state index is 0.0185. The van der Waals surface area contributed by atoms with Crippen molar-refractivity contribution in [1.29, 1.82) is 0 Å². The van der Waals surface area contributed by atoms with Gasteiger partial charge < -0.3 is 10.6 Å². The predicted octanol–water partition coefficient (Wildman–Crippen LogP) is 4.67. The van der Waals surface area contributed by atoms with Crippen LogP contribution < -0.4 is 10.6 Å². The first-order chi connectivity index (χ1) is 13.1. The van der Waals surface area contributed by atoms with E-state index in [2.05, 4.69) is 10.6 Å². The van der Waals surface area contributed by atoms with Gasteiger partial charge in [-0.15, -0.1) is 0 Å². The van der Waals surface area contributed by atoms with Gasteiger partial charge in [-0.3, -0.25) is 9.59 Å². The maximum atomic E-state index is 13.3. The molecule has 4 nitrogen and oxygen atoms in total. The molecule has 1 atom stereocenters. The topological polar surface area (TPSA) is 58.2 Å². The number of benzene rings is 2. The van der Waals surface area contributed by atoms with Gasteiger partial charge in [0.1, 0.15) is 0 Å². The summed E-state index contributed by atoms with van der Waals surface area (Å²) in [4.78, 5) is 26.0. The van der Waals surface area contributed by atoms with Crippen LogP contribution in [0.1, 0.15) is 61.9 Å². The van der Waals surface area contributed by atoms with Crippen molar-refractivity contribution in [3.05, 3.63) is 65.7 Å². The Morgan fingerprint density at radius 1 is 1.00 bits per heavy atom. The number of para-hydroxylation sites is 1. The molecule has 4 heteroatoms. The highest BCUT2D eigenvalue weighted by Crippen LogP contribution is 2.42. The van der Waals surface area contributed by atoms with E-state index >= 15 is 0 Å². The average Bonchev–Trinajstić information content (AvgIpc) is 3.20. The van der Waals surface area contributed by atoms with Gasteiger partial charge in [0.25, 0.3) is 5.91 Å². The molecule has 2 N–H and O–H groups in total. The highest BCUT2D eigenvalue weighted by Gasteiger charge is 2.42. The van der Waals surface area contributed by atoms with E-state index in [1.807, 2.05) is 56.3 Å². The second-order valence-corrected chi connectivity index (χ2v) is 7.44. The van der Waals surface area contributed by atoms with E-state index in [1.165, 1.54) is 0 Å². The third kappa shape index (κ3) is 4.05. The van der Waals surface area contributed by atoms with Gasteiger partial charge in [0.15, 0.2) is 0 Å². The summed E-state index contributed by atoms with van der Waals surface area (Å²) in [5.74, 6) is -0.171. The van der Waals surface area contributed by atoms with E-state index < -0.39 is 5.41 Å². The Morgan fingerprint density at radius 2 is 1.63 bits per heavy atom. The number of anilines is 1. The molecule has 1 saturated carbocycles. The summed E-state index contributed by atoms with van der Waals surface area (Å²) in [5.41, 5.74) is 1.63. The van der Waals surface area contributed by atoms with E-state index in [0.717, 1.165) is 37.7 Å². The molecule has 0 bridgehead atoms. The molecule has 0 unspecified atom stereocenters. The van der Waals surface area contributed by atoms with Crippen molar-refractivity contribution in [2.75, 3.05) is 5.32 Å². The molecule has 0 heterocycles. The normalized spacial score (nSPS) is 16.5. The second kappa shape index (κ2) is 8.38. The summed E-state index contributed by atoms with van der Waals surface area (Å²) in [6.07, 6.45) is 4.61. The minimum atomic E-state index is -0.512. The molecular formula is C23H28N2O2. The Kier molecular flexibility index (Phi) is 5.94. The molecule has 2 aromatic rings. The first-order valence-corrected chi connectivity index (χ1v) is 9.83. The average molecular weight is 364 g/mol. The Bertz CT molecular complexity index is 795.